The van der Waals surface area contributed by atoms with Crippen molar-refractivity contribution in [2.75, 3.05) is 11.5 Å². The molecule has 164 valence electrons. The zero-order valence-corrected chi connectivity index (χ0v) is 19.5. The largest absolute Gasteiger partial charge is 0.502 e. The third kappa shape index (κ3) is 3.91. The van der Waals surface area contributed by atoms with Crippen LogP contribution in [-0.2, 0) is 14.6 Å². The molecule has 1 aliphatic rings. The number of aliphatic hydroxyl groups is 1. The quantitative estimate of drug-likeness (QED) is 0.490. The minimum Gasteiger partial charge on any atom is -0.502 e. The van der Waals surface area contributed by atoms with Gasteiger partial charge in [-0.3, -0.25) is 9.69 Å². The first-order valence-corrected chi connectivity index (χ1v) is 12.2. The minimum atomic E-state index is -4.16. The molecule has 0 aliphatic carbocycles. The predicted molar refractivity (Wildman–Crippen MR) is 125 cm³/mol. The molecule has 4 rings (SSSR count). The first kappa shape index (κ1) is 22.1. The highest BCUT2D eigenvalue weighted by atomic mass is 79.9. The van der Waals surface area contributed by atoms with E-state index in [0.29, 0.717) is 23.6 Å². The molecule has 8 heteroatoms. The van der Waals surface area contributed by atoms with Gasteiger partial charge in [-0.25, -0.2) is 8.42 Å². The van der Waals surface area contributed by atoms with Crippen LogP contribution in [0.2, 0.25) is 0 Å². The number of nitrogens with zero attached hydrogens (tertiary/aromatic N) is 1. The van der Waals surface area contributed by atoms with E-state index in [9.17, 15) is 18.3 Å². The van der Waals surface area contributed by atoms with E-state index in [1.807, 2.05) is 6.92 Å². The lowest BCUT2D eigenvalue weighted by molar-refractivity contribution is -0.117. The summed E-state index contributed by atoms with van der Waals surface area (Å²) in [6.45, 7) is 2.35. The Balaban J connectivity index is 1.90. The molecule has 1 aliphatic heterocycles. The van der Waals surface area contributed by atoms with Crippen molar-refractivity contribution in [2.24, 2.45) is 0 Å². The Labute approximate surface area is 194 Å². The van der Waals surface area contributed by atoms with Crippen LogP contribution < -0.4 is 9.64 Å². The van der Waals surface area contributed by atoms with Crippen molar-refractivity contribution in [2.45, 2.75) is 17.9 Å². The Bertz CT molecular complexity index is 1270. The Morgan fingerprint density at radius 1 is 0.969 bits per heavy atom. The number of sulfone groups is 1. The molecular formula is C24H20BrNO5S. The number of ether oxygens (including phenoxy) is 1. The highest BCUT2D eigenvalue weighted by molar-refractivity contribution is 9.10. The van der Waals surface area contributed by atoms with E-state index in [-0.39, 0.29) is 9.80 Å². The molecule has 0 unspecified atom stereocenters. The molecule has 32 heavy (non-hydrogen) atoms. The van der Waals surface area contributed by atoms with Crippen molar-refractivity contribution in [3.8, 4) is 5.75 Å². The van der Waals surface area contributed by atoms with Gasteiger partial charge < -0.3 is 9.84 Å². The van der Waals surface area contributed by atoms with E-state index in [1.165, 1.54) is 17.0 Å². The summed E-state index contributed by atoms with van der Waals surface area (Å²) >= 11 is 3.36. The Hall–Kier alpha value is -3.10. The van der Waals surface area contributed by atoms with Crippen molar-refractivity contribution >= 4 is 37.4 Å². The lowest BCUT2D eigenvalue weighted by Gasteiger charge is -2.27. The average molecular weight is 514 g/mol. The maximum absolute atomic E-state index is 13.5. The molecule has 1 atom stereocenters. The molecule has 0 saturated heterocycles. The van der Waals surface area contributed by atoms with Crippen LogP contribution in [-0.4, -0.2) is 26.0 Å². The van der Waals surface area contributed by atoms with Crippen LogP contribution in [0.25, 0.3) is 0 Å². The van der Waals surface area contributed by atoms with Crippen molar-refractivity contribution in [3.05, 3.63) is 99.6 Å². The number of hydrogen-bond acceptors (Lipinski definition) is 5. The number of rotatable bonds is 6. The van der Waals surface area contributed by atoms with Gasteiger partial charge in [0.15, 0.2) is 5.76 Å². The van der Waals surface area contributed by atoms with Gasteiger partial charge in [-0.2, -0.15) is 0 Å². The van der Waals surface area contributed by atoms with Gasteiger partial charge in [0.2, 0.25) is 9.84 Å². The Morgan fingerprint density at radius 3 is 2.19 bits per heavy atom. The summed E-state index contributed by atoms with van der Waals surface area (Å²) in [7, 11) is -4.16. The van der Waals surface area contributed by atoms with Crippen LogP contribution in [0.4, 0.5) is 5.69 Å². The molecule has 0 fully saturated rings. The van der Waals surface area contributed by atoms with E-state index >= 15 is 0 Å². The second-order valence-corrected chi connectivity index (χ2v) is 9.92. The SMILES string of the molecule is CCOc1ccc([C@@H]2C(S(=O)(=O)c3ccccc3)=C(O)C(=O)N2c2ccc(Br)cc2)cc1. The van der Waals surface area contributed by atoms with Crippen molar-refractivity contribution in [1.82, 2.24) is 0 Å². The summed E-state index contributed by atoms with van der Waals surface area (Å²) in [5, 5.41) is 10.8. The molecule has 3 aromatic rings. The fourth-order valence-corrected chi connectivity index (χ4v) is 5.58. The molecular weight excluding hydrogens is 494 g/mol. The third-order valence-electron chi connectivity index (χ3n) is 5.12. The zero-order chi connectivity index (χ0) is 22.9. The number of aliphatic hydroxyl groups excluding tert-OH is 1. The molecule has 1 heterocycles. The lowest BCUT2D eigenvalue weighted by Crippen LogP contribution is -2.31. The Kier molecular flexibility index (Phi) is 6.08. The van der Waals surface area contributed by atoms with Crippen LogP contribution in [0.5, 0.6) is 5.75 Å². The maximum Gasteiger partial charge on any atom is 0.295 e. The summed E-state index contributed by atoms with van der Waals surface area (Å²) < 4.78 is 33.4. The second kappa shape index (κ2) is 8.80. The number of halogens is 1. The summed E-state index contributed by atoms with van der Waals surface area (Å²) in [6.07, 6.45) is 0. The topological polar surface area (TPSA) is 83.9 Å². The van der Waals surface area contributed by atoms with Crippen LogP contribution >= 0.6 is 15.9 Å². The van der Waals surface area contributed by atoms with E-state index in [1.54, 1.807) is 66.7 Å². The van der Waals surface area contributed by atoms with Crippen LogP contribution in [0.1, 0.15) is 18.5 Å². The van der Waals surface area contributed by atoms with Crippen molar-refractivity contribution in [3.63, 3.8) is 0 Å². The average Bonchev–Trinajstić information content (AvgIpc) is 3.07. The van der Waals surface area contributed by atoms with Crippen molar-refractivity contribution < 1.29 is 23.1 Å². The van der Waals surface area contributed by atoms with Crippen molar-refractivity contribution in [1.29, 1.82) is 0 Å². The van der Waals surface area contributed by atoms with Gasteiger partial charge in [0, 0.05) is 10.2 Å². The zero-order valence-electron chi connectivity index (χ0n) is 17.1. The number of hydrogen-bond donors (Lipinski definition) is 1. The molecule has 0 radical (unpaired) electrons. The number of carbonyl (C=O) groups is 1. The van der Waals surface area contributed by atoms with Crippen LogP contribution in [0, 0.1) is 0 Å². The van der Waals surface area contributed by atoms with E-state index < -0.39 is 27.5 Å². The summed E-state index contributed by atoms with van der Waals surface area (Å²) in [5.74, 6) is -0.937. The van der Waals surface area contributed by atoms with Gasteiger partial charge in [-0.05, 0) is 61.0 Å². The highest BCUT2D eigenvalue weighted by Crippen LogP contribution is 2.45. The first-order chi connectivity index (χ1) is 15.3. The van der Waals surface area contributed by atoms with Crippen LogP contribution in [0.15, 0.2) is 98.9 Å². The van der Waals surface area contributed by atoms with E-state index in [2.05, 4.69) is 15.9 Å². The maximum atomic E-state index is 13.5. The minimum absolute atomic E-state index is 0.00272. The summed E-state index contributed by atoms with van der Waals surface area (Å²) in [4.78, 5) is 14.1. The monoisotopic (exact) mass is 513 g/mol. The molecule has 0 aromatic heterocycles. The lowest BCUT2D eigenvalue weighted by atomic mass is 10.1. The predicted octanol–water partition coefficient (Wildman–Crippen LogP) is 5.18. The molecule has 0 saturated carbocycles. The van der Waals surface area contributed by atoms with E-state index in [0.717, 1.165) is 4.47 Å². The molecule has 1 amide bonds. The Morgan fingerprint density at radius 2 is 1.59 bits per heavy atom. The third-order valence-corrected chi connectivity index (χ3v) is 7.53. The highest BCUT2D eigenvalue weighted by Gasteiger charge is 2.47. The molecule has 0 bridgehead atoms. The standard InChI is InChI=1S/C24H20BrNO5S/c1-2-31-19-14-8-16(9-15-19)21-23(32(29,30)20-6-4-3-5-7-20)22(27)24(28)26(21)18-12-10-17(25)11-13-18/h3-15,21,27H,2H2,1H3/t21-/m1/s1. The number of carbonyl (C=O) groups excluding carboxylic acids is 1. The fourth-order valence-electron chi connectivity index (χ4n) is 3.67. The summed E-state index contributed by atoms with van der Waals surface area (Å²) in [6, 6.07) is 20.4. The van der Waals surface area contributed by atoms with Crippen LogP contribution in [0.3, 0.4) is 0 Å². The van der Waals surface area contributed by atoms with Gasteiger partial charge in [0.25, 0.3) is 5.91 Å². The van der Waals surface area contributed by atoms with Gasteiger partial charge in [0.1, 0.15) is 16.7 Å². The first-order valence-electron chi connectivity index (χ1n) is 9.89. The van der Waals surface area contributed by atoms with Gasteiger partial charge >= 0.3 is 0 Å². The summed E-state index contributed by atoms with van der Waals surface area (Å²) in [5.41, 5.74) is 0.991. The fraction of sp³-hybridized carbons (Fsp3) is 0.125. The second-order valence-electron chi connectivity index (χ2n) is 7.09. The molecule has 6 nitrogen and oxygen atoms in total. The van der Waals surface area contributed by atoms with E-state index in [4.69, 9.17) is 4.74 Å². The normalized spacial score (nSPS) is 16.5. The molecule has 0 spiro atoms. The number of amides is 1. The smallest absolute Gasteiger partial charge is 0.295 e. The number of benzene rings is 3. The van der Waals surface area contributed by atoms with Gasteiger partial charge in [0.05, 0.1) is 11.5 Å². The van der Waals surface area contributed by atoms with Gasteiger partial charge in [-0.1, -0.05) is 46.3 Å². The molecule has 3 aromatic carbocycles. The van der Waals surface area contributed by atoms with Gasteiger partial charge in [-0.15, -0.1) is 0 Å². The molecule has 1 N–H and O–H groups in total. The number of anilines is 1.